The maximum Gasteiger partial charge on any atom is 0.317 e. The van der Waals surface area contributed by atoms with Crippen molar-refractivity contribution in [3.05, 3.63) is 54.6 Å². The van der Waals surface area contributed by atoms with E-state index in [2.05, 4.69) is 33.6 Å². The lowest BCUT2D eigenvalue weighted by molar-refractivity contribution is 0.200. The number of hydrogen-bond donors (Lipinski definition) is 1. The van der Waals surface area contributed by atoms with Gasteiger partial charge in [0.1, 0.15) is 12.7 Å². The van der Waals surface area contributed by atoms with Crippen LogP contribution in [0.25, 0.3) is 6.08 Å². The van der Waals surface area contributed by atoms with Crippen LogP contribution in [0.5, 0.6) is 0 Å². The Labute approximate surface area is 135 Å². The van der Waals surface area contributed by atoms with E-state index in [-0.39, 0.29) is 6.03 Å². The molecule has 1 fully saturated rings. The van der Waals surface area contributed by atoms with Crippen LogP contribution in [0.4, 0.5) is 4.79 Å². The Bertz CT molecular complexity index is 634. The van der Waals surface area contributed by atoms with Crippen molar-refractivity contribution in [3.8, 4) is 0 Å². The van der Waals surface area contributed by atoms with Crippen molar-refractivity contribution in [1.82, 2.24) is 25.0 Å². The fraction of sp³-hybridized carbons (Fsp3) is 0.353. The third kappa shape index (κ3) is 4.67. The highest BCUT2D eigenvalue weighted by atomic mass is 16.2. The summed E-state index contributed by atoms with van der Waals surface area (Å²) < 4.78 is 1.71. The average molecular weight is 311 g/mol. The summed E-state index contributed by atoms with van der Waals surface area (Å²) in [5, 5.41) is 6.97. The van der Waals surface area contributed by atoms with Gasteiger partial charge in [0.2, 0.25) is 0 Å². The van der Waals surface area contributed by atoms with Gasteiger partial charge in [0, 0.05) is 19.1 Å². The summed E-state index contributed by atoms with van der Waals surface area (Å²) in [7, 11) is 0. The molecule has 1 aromatic heterocycles. The quantitative estimate of drug-likeness (QED) is 0.852. The van der Waals surface area contributed by atoms with Gasteiger partial charge in [0.05, 0.1) is 6.54 Å². The van der Waals surface area contributed by atoms with E-state index in [4.69, 9.17) is 0 Å². The molecule has 23 heavy (non-hydrogen) atoms. The smallest absolute Gasteiger partial charge is 0.317 e. The Hall–Kier alpha value is -2.63. The number of hydrogen-bond acceptors (Lipinski definition) is 3. The molecule has 1 N–H and O–H groups in total. The number of carbonyl (C=O) groups is 1. The number of benzene rings is 1. The highest BCUT2D eigenvalue weighted by molar-refractivity contribution is 5.75. The van der Waals surface area contributed by atoms with E-state index in [1.807, 2.05) is 29.2 Å². The summed E-state index contributed by atoms with van der Waals surface area (Å²) in [5.41, 5.74) is 1.15. The minimum Gasteiger partial charge on any atom is -0.336 e. The Morgan fingerprint density at radius 2 is 2.17 bits per heavy atom. The van der Waals surface area contributed by atoms with Crippen molar-refractivity contribution in [2.75, 3.05) is 13.1 Å². The highest BCUT2D eigenvalue weighted by Gasteiger charge is 2.31. The second kappa shape index (κ2) is 7.58. The lowest BCUT2D eigenvalue weighted by Gasteiger charge is -2.21. The molecule has 1 aromatic carbocycles. The Kier molecular flexibility index (Phi) is 5.03. The van der Waals surface area contributed by atoms with E-state index >= 15 is 0 Å². The number of amides is 2. The number of urea groups is 1. The fourth-order valence-corrected chi connectivity index (χ4v) is 2.38. The minimum atomic E-state index is -0.00896. The zero-order chi connectivity index (χ0) is 15.9. The molecule has 2 amide bonds. The number of aromatic nitrogens is 3. The van der Waals surface area contributed by atoms with Gasteiger partial charge in [-0.3, -0.25) is 4.68 Å². The van der Waals surface area contributed by atoms with Crippen LogP contribution >= 0.6 is 0 Å². The third-order valence-corrected chi connectivity index (χ3v) is 3.74. The molecular formula is C17H21N5O. The van der Waals surface area contributed by atoms with E-state index in [0.717, 1.165) is 18.4 Å². The number of rotatable bonds is 7. The molecule has 3 rings (SSSR count). The largest absolute Gasteiger partial charge is 0.336 e. The van der Waals surface area contributed by atoms with Gasteiger partial charge in [-0.2, -0.15) is 5.10 Å². The van der Waals surface area contributed by atoms with Gasteiger partial charge < -0.3 is 10.2 Å². The molecule has 1 aliphatic carbocycles. The molecule has 6 nitrogen and oxygen atoms in total. The Morgan fingerprint density at radius 3 is 2.87 bits per heavy atom. The molecule has 0 radical (unpaired) electrons. The van der Waals surface area contributed by atoms with Crippen LogP contribution in [-0.4, -0.2) is 44.8 Å². The molecule has 0 unspecified atom stereocenters. The minimum absolute atomic E-state index is 0.00896. The Balaban J connectivity index is 1.48. The molecule has 0 bridgehead atoms. The second-order valence-corrected chi connectivity index (χ2v) is 5.59. The van der Waals surface area contributed by atoms with Crippen molar-refractivity contribution in [2.24, 2.45) is 0 Å². The number of carbonyl (C=O) groups excluding carboxylic acids is 1. The van der Waals surface area contributed by atoms with E-state index in [9.17, 15) is 4.79 Å². The van der Waals surface area contributed by atoms with Gasteiger partial charge in [0.25, 0.3) is 0 Å². The molecule has 0 atom stereocenters. The van der Waals surface area contributed by atoms with Crippen LogP contribution in [0.2, 0.25) is 0 Å². The maximum atomic E-state index is 12.3. The summed E-state index contributed by atoms with van der Waals surface area (Å²) in [6, 6.07) is 10.5. The first-order chi connectivity index (χ1) is 11.3. The van der Waals surface area contributed by atoms with Crippen LogP contribution < -0.4 is 5.32 Å². The van der Waals surface area contributed by atoms with E-state index < -0.39 is 0 Å². The summed E-state index contributed by atoms with van der Waals surface area (Å²) in [4.78, 5) is 18.1. The lowest BCUT2D eigenvalue weighted by atomic mass is 10.2. The first-order valence-electron chi connectivity index (χ1n) is 7.91. The number of nitrogens with one attached hydrogen (secondary N) is 1. The summed E-state index contributed by atoms with van der Waals surface area (Å²) in [6.45, 7) is 1.81. The van der Waals surface area contributed by atoms with Crippen molar-refractivity contribution in [2.45, 2.75) is 25.4 Å². The van der Waals surface area contributed by atoms with Crippen molar-refractivity contribution in [3.63, 3.8) is 0 Å². The molecular weight excluding hydrogens is 290 g/mol. The summed E-state index contributed by atoms with van der Waals surface area (Å²) in [6.07, 6.45) is 9.42. The molecule has 0 spiro atoms. The zero-order valence-electron chi connectivity index (χ0n) is 13.0. The van der Waals surface area contributed by atoms with Crippen molar-refractivity contribution >= 4 is 12.1 Å². The van der Waals surface area contributed by atoms with Crippen LogP contribution in [0.1, 0.15) is 18.4 Å². The second-order valence-electron chi connectivity index (χ2n) is 5.59. The molecule has 6 heteroatoms. The topological polar surface area (TPSA) is 63.1 Å². The predicted molar refractivity (Wildman–Crippen MR) is 88.6 cm³/mol. The summed E-state index contributed by atoms with van der Waals surface area (Å²) in [5.74, 6) is 0. The molecule has 0 saturated heterocycles. The van der Waals surface area contributed by atoms with Crippen LogP contribution in [0.3, 0.4) is 0 Å². The van der Waals surface area contributed by atoms with E-state index in [0.29, 0.717) is 25.7 Å². The zero-order valence-corrected chi connectivity index (χ0v) is 13.0. The SMILES string of the molecule is O=C(NCCn1cncn1)N(C/C=C/c1ccccc1)C1CC1. The van der Waals surface area contributed by atoms with E-state index in [1.54, 1.807) is 11.0 Å². The molecule has 0 aliphatic heterocycles. The third-order valence-electron chi connectivity index (χ3n) is 3.74. The fourth-order valence-electron chi connectivity index (χ4n) is 2.38. The molecule has 1 saturated carbocycles. The highest BCUT2D eigenvalue weighted by Crippen LogP contribution is 2.26. The van der Waals surface area contributed by atoms with Crippen molar-refractivity contribution in [1.29, 1.82) is 0 Å². The Morgan fingerprint density at radius 1 is 1.35 bits per heavy atom. The molecule has 1 aliphatic rings. The number of nitrogens with zero attached hydrogens (tertiary/aromatic N) is 4. The van der Waals surface area contributed by atoms with Crippen LogP contribution in [0, 0.1) is 0 Å². The van der Waals surface area contributed by atoms with Gasteiger partial charge >= 0.3 is 6.03 Å². The molecule has 120 valence electrons. The lowest BCUT2D eigenvalue weighted by Crippen LogP contribution is -2.42. The average Bonchev–Trinajstić information content (AvgIpc) is 3.28. The monoisotopic (exact) mass is 311 g/mol. The van der Waals surface area contributed by atoms with Gasteiger partial charge in [-0.25, -0.2) is 9.78 Å². The van der Waals surface area contributed by atoms with Gasteiger partial charge in [-0.15, -0.1) is 0 Å². The maximum absolute atomic E-state index is 12.3. The van der Waals surface area contributed by atoms with Crippen LogP contribution in [0.15, 0.2) is 49.1 Å². The standard InChI is InChI=1S/C17H21N5O/c23-17(19-10-12-21-14-18-13-20-21)22(16-8-9-16)11-4-7-15-5-2-1-3-6-15/h1-7,13-14,16H,8-12H2,(H,19,23)/b7-4+. The van der Waals surface area contributed by atoms with Crippen molar-refractivity contribution < 1.29 is 4.79 Å². The van der Waals surface area contributed by atoms with Gasteiger partial charge in [0.15, 0.2) is 0 Å². The molecule has 2 aromatic rings. The predicted octanol–water partition coefficient (Wildman–Crippen LogP) is 2.17. The van der Waals surface area contributed by atoms with Gasteiger partial charge in [-0.1, -0.05) is 42.5 Å². The first kappa shape index (κ1) is 15.3. The van der Waals surface area contributed by atoms with Gasteiger partial charge in [-0.05, 0) is 18.4 Å². The molecule has 1 heterocycles. The summed E-state index contributed by atoms with van der Waals surface area (Å²) >= 11 is 0. The van der Waals surface area contributed by atoms with Crippen LogP contribution in [-0.2, 0) is 6.54 Å². The normalized spacial score (nSPS) is 14.1. The first-order valence-corrected chi connectivity index (χ1v) is 7.91. The van der Waals surface area contributed by atoms with E-state index in [1.165, 1.54) is 6.33 Å².